The molecule has 4 rings (SSSR count). The van der Waals surface area contributed by atoms with Gasteiger partial charge in [0.2, 0.25) is 5.91 Å². The van der Waals surface area contributed by atoms with Crippen molar-refractivity contribution in [2.24, 2.45) is 17.8 Å². The standard InChI is InChI=1S/C23H29NO6/c1-14-4-3-5-18(15(14)2)24-12-17(11-22(24)26)23(27)30-13-19(25)16-6-7-20-21(10-16)29-9-8-28-20/h6-7,10,14-15,17-18H,3-5,8-9,11-13H2,1-2H3/t14-,15+,17+,18+/m0/s1. The minimum absolute atomic E-state index is 0.0149. The van der Waals surface area contributed by atoms with Crippen LogP contribution in [-0.4, -0.2) is 55.0 Å². The van der Waals surface area contributed by atoms with E-state index in [0.717, 1.165) is 12.8 Å². The lowest BCUT2D eigenvalue weighted by molar-refractivity contribution is -0.147. The number of fused-ring (bicyclic) bond motifs is 1. The fraction of sp³-hybridized carbons (Fsp3) is 0.609. The number of carbonyl (C=O) groups excluding carboxylic acids is 3. The SMILES string of the molecule is C[C@H]1[C@H](N2C[C@H](C(=O)OCC(=O)c3ccc4c(c3)OCCO4)CC2=O)CCC[C@@H]1C. The molecule has 30 heavy (non-hydrogen) atoms. The number of nitrogens with zero attached hydrogens (tertiary/aromatic N) is 1. The van der Waals surface area contributed by atoms with Gasteiger partial charge in [-0.2, -0.15) is 0 Å². The highest BCUT2D eigenvalue weighted by atomic mass is 16.6. The van der Waals surface area contributed by atoms with Crippen molar-refractivity contribution >= 4 is 17.7 Å². The van der Waals surface area contributed by atoms with Crippen molar-refractivity contribution in [2.45, 2.75) is 45.6 Å². The van der Waals surface area contributed by atoms with Crippen LogP contribution in [0.2, 0.25) is 0 Å². The van der Waals surface area contributed by atoms with Crippen LogP contribution in [0.25, 0.3) is 0 Å². The average Bonchev–Trinajstić information content (AvgIpc) is 3.14. The number of rotatable bonds is 5. The lowest BCUT2D eigenvalue weighted by Gasteiger charge is -2.39. The summed E-state index contributed by atoms with van der Waals surface area (Å²) in [6.07, 6.45) is 3.45. The number of hydrogen-bond donors (Lipinski definition) is 0. The van der Waals surface area contributed by atoms with Crippen LogP contribution in [0, 0.1) is 17.8 Å². The molecule has 4 atom stereocenters. The molecule has 3 aliphatic rings. The van der Waals surface area contributed by atoms with Crippen LogP contribution in [0.3, 0.4) is 0 Å². The van der Waals surface area contributed by atoms with Crippen molar-refractivity contribution < 1.29 is 28.6 Å². The van der Waals surface area contributed by atoms with Crippen molar-refractivity contribution in [1.29, 1.82) is 0 Å². The Balaban J connectivity index is 1.32. The van der Waals surface area contributed by atoms with Crippen LogP contribution in [-0.2, 0) is 14.3 Å². The molecule has 0 radical (unpaired) electrons. The van der Waals surface area contributed by atoms with E-state index in [1.165, 1.54) is 6.42 Å². The first-order valence-corrected chi connectivity index (χ1v) is 10.8. The zero-order valence-electron chi connectivity index (χ0n) is 17.6. The number of ether oxygens (including phenoxy) is 3. The molecule has 1 aromatic rings. The largest absolute Gasteiger partial charge is 0.486 e. The molecule has 2 heterocycles. The summed E-state index contributed by atoms with van der Waals surface area (Å²) in [6.45, 7) is 5.38. The third-order valence-electron chi connectivity index (χ3n) is 6.77. The summed E-state index contributed by atoms with van der Waals surface area (Å²) in [4.78, 5) is 39.4. The number of carbonyl (C=O) groups is 3. The number of likely N-dealkylation sites (tertiary alicyclic amines) is 1. The summed E-state index contributed by atoms with van der Waals surface area (Å²) >= 11 is 0. The smallest absolute Gasteiger partial charge is 0.311 e. The Kier molecular flexibility index (Phi) is 5.97. The molecule has 0 unspecified atom stereocenters. The molecule has 1 saturated carbocycles. The van der Waals surface area contributed by atoms with Gasteiger partial charge < -0.3 is 19.1 Å². The van der Waals surface area contributed by atoms with E-state index in [0.29, 0.717) is 48.7 Å². The second-order valence-electron chi connectivity index (χ2n) is 8.67. The Morgan fingerprint density at radius 1 is 1.13 bits per heavy atom. The fourth-order valence-corrected chi connectivity index (χ4v) is 4.76. The lowest BCUT2D eigenvalue weighted by Crippen LogP contribution is -2.45. The summed E-state index contributed by atoms with van der Waals surface area (Å²) in [7, 11) is 0. The van der Waals surface area contributed by atoms with Crippen LogP contribution in [0.1, 0.15) is 49.9 Å². The van der Waals surface area contributed by atoms with E-state index in [1.807, 2.05) is 4.90 Å². The Morgan fingerprint density at radius 2 is 1.90 bits per heavy atom. The van der Waals surface area contributed by atoms with Crippen LogP contribution in [0.15, 0.2) is 18.2 Å². The van der Waals surface area contributed by atoms with Crippen molar-refractivity contribution in [3.63, 3.8) is 0 Å². The molecule has 0 spiro atoms. The van der Waals surface area contributed by atoms with Gasteiger partial charge in [0.05, 0.1) is 5.92 Å². The van der Waals surface area contributed by atoms with Crippen LogP contribution in [0.4, 0.5) is 0 Å². The van der Waals surface area contributed by atoms with Gasteiger partial charge in [-0.3, -0.25) is 14.4 Å². The zero-order valence-corrected chi connectivity index (χ0v) is 17.6. The maximum atomic E-state index is 12.6. The second-order valence-corrected chi connectivity index (χ2v) is 8.67. The van der Waals surface area contributed by atoms with Crippen molar-refractivity contribution in [3.05, 3.63) is 23.8 Å². The van der Waals surface area contributed by atoms with Gasteiger partial charge in [0, 0.05) is 24.6 Å². The number of benzene rings is 1. The molecule has 2 aliphatic heterocycles. The highest BCUT2D eigenvalue weighted by Gasteiger charge is 2.42. The van der Waals surface area contributed by atoms with Crippen LogP contribution >= 0.6 is 0 Å². The normalized spacial score (nSPS) is 28.3. The number of amides is 1. The third kappa shape index (κ3) is 4.16. The highest BCUT2D eigenvalue weighted by molar-refractivity contribution is 5.99. The molecule has 7 heteroatoms. The van der Waals surface area contributed by atoms with E-state index < -0.39 is 11.9 Å². The summed E-state index contributed by atoms with van der Waals surface area (Å²) in [5.74, 6) is 0.845. The first-order valence-electron chi connectivity index (χ1n) is 10.8. The molecular weight excluding hydrogens is 386 g/mol. The Labute approximate surface area is 176 Å². The van der Waals surface area contributed by atoms with Gasteiger partial charge in [-0.05, 0) is 36.5 Å². The molecule has 7 nitrogen and oxygen atoms in total. The molecule has 0 N–H and O–H groups in total. The molecule has 2 fully saturated rings. The summed E-state index contributed by atoms with van der Waals surface area (Å²) < 4.78 is 16.2. The Morgan fingerprint density at radius 3 is 2.70 bits per heavy atom. The number of ketones is 1. The zero-order chi connectivity index (χ0) is 21.3. The number of hydrogen-bond acceptors (Lipinski definition) is 6. The summed E-state index contributed by atoms with van der Waals surface area (Å²) in [6, 6.07) is 5.12. The van der Waals surface area contributed by atoms with E-state index in [1.54, 1.807) is 18.2 Å². The van der Waals surface area contributed by atoms with Crippen molar-refractivity contribution in [3.8, 4) is 11.5 Å². The van der Waals surface area contributed by atoms with Crippen LogP contribution in [0.5, 0.6) is 11.5 Å². The molecule has 1 amide bonds. The Bertz CT molecular complexity index is 837. The third-order valence-corrected chi connectivity index (χ3v) is 6.77. The van der Waals surface area contributed by atoms with Gasteiger partial charge in [0.1, 0.15) is 13.2 Å². The quantitative estimate of drug-likeness (QED) is 0.543. The molecule has 162 valence electrons. The molecular formula is C23H29NO6. The number of esters is 1. The first kappa shape index (κ1) is 20.7. The summed E-state index contributed by atoms with van der Waals surface area (Å²) in [5.41, 5.74) is 0.404. The van der Waals surface area contributed by atoms with Gasteiger partial charge in [-0.25, -0.2) is 0 Å². The van der Waals surface area contributed by atoms with Crippen molar-refractivity contribution in [2.75, 3.05) is 26.4 Å². The molecule has 1 saturated heterocycles. The molecule has 0 bridgehead atoms. The topological polar surface area (TPSA) is 82.1 Å². The monoisotopic (exact) mass is 415 g/mol. The minimum atomic E-state index is -0.505. The molecule has 1 aromatic carbocycles. The minimum Gasteiger partial charge on any atom is -0.486 e. The van der Waals surface area contributed by atoms with E-state index in [4.69, 9.17) is 14.2 Å². The number of Topliss-reactive ketones (excluding diaryl/α,β-unsaturated/α-hetero) is 1. The van der Waals surface area contributed by atoms with Gasteiger partial charge in [0.25, 0.3) is 0 Å². The van der Waals surface area contributed by atoms with Gasteiger partial charge in [0.15, 0.2) is 23.9 Å². The summed E-state index contributed by atoms with van der Waals surface area (Å²) in [5, 5.41) is 0. The van der Waals surface area contributed by atoms with Gasteiger partial charge in [-0.15, -0.1) is 0 Å². The Hall–Kier alpha value is -2.57. The average molecular weight is 415 g/mol. The van der Waals surface area contributed by atoms with E-state index in [2.05, 4.69) is 13.8 Å². The molecule has 1 aliphatic carbocycles. The van der Waals surface area contributed by atoms with E-state index in [9.17, 15) is 14.4 Å². The van der Waals surface area contributed by atoms with Gasteiger partial charge in [-0.1, -0.05) is 26.7 Å². The fourth-order valence-electron chi connectivity index (χ4n) is 4.76. The first-order chi connectivity index (χ1) is 14.4. The van der Waals surface area contributed by atoms with Gasteiger partial charge >= 0.3 is 5.97 Å². The van der Waals surface area contributed by atoms with Crippen molar-refractivity contribution in [1.82, 2.24) is 4.90 Å². The molecule has 0 aromatic heterocycles. The van der Waals surface area contributed by atoms with E-state index in [-0.39, 0.29) is 30.8 Å². The maximum absolute atomic E-state index is 12.6. The highest BCUT2D eigenvalue weighted by Crippen LogP contribution is 2.36. The maximum Gasteiger partial charge on any atom is 0.311 e. The predicted octanol–water partition coefficient (Wildman–Crippen LogP) is 2.86. The predicted molar refractivity (Wildman–Crippen MR) is 109 cm³/mol. The second kappa shape index (κ2) is 8.66. The van der Waals surface area contributed by atoms with E-state index >= 15 is 0 Å². The van der Waals surface area contributed by atoms with Crippen LogP contribution < -0.4 is 9.47 Å². The lowest BCUT2D eigenvalue weighted by atomic mass is 9.77.